The van der Waals surface area contributed by atoms with Crippen molar-refractivity contribution in [3.8, 4) is 22.3 Å². The van der Waals surface area contributed by atoms with Crippen LogP contribution in [-0.2, 0) is 10.8 Å². The van der Waals surface area contributed by atoms with Crippen molar-refractivity contribution in [1.29, 1.82) is 0 Å². The van der Waals surface area contributed by atoms with Crippen molar-refractivity contribution >= 4 is 67.8 Å². The van der Waals surface area contributed by atoms with Gasteiger partial charge in [0, 0.05) is 27.9 Å². The quantitative estimate of drug-likeness (QED) is 0.154. The predicted octanol–water partition coefficient (Wildman–Crippen LogP) is 11.7. The molecule has 1 aromatic heterocycles. The standard InChI is InChI=1S/C58H39NOSi/c1-57(2)43-21-7-9-23-45(43)58(46-24-10-8-22-44(46)57)47-25-11-12-26-49(47)59(50-35-52-42(34-48(50)58)37-17-3-13-27-51(37)60-52)36-31-32-41-40-20-6-16-30-55(40)61(56(41)33-36)53-28-14-4-18-38(53)39-19-5-15-29-54(39)61/h3-35H,1-2H3. The molecule has 4 heterocycles. The van der Waals surface area contributed by atoms with Crippen LogP contribution in [0.2, 0.25) is 0 Å². The lowest BCUT2D eigenvalue weighted by atomic mass is 9.53. The zero-order valence-electron chi connectivity index (χ0n) is 33.9. The van der Waals surface area contributed by atoms with Crippen LogP contribution in [0.5, 0.6) is 0 Å². The number of benzene rings is 9. The van der Waals surface area contributed by atoms with E-state index in [0.29, 0.717) is 0 Å². The second-order valence-electron chi connectivity index (χ2n) is 17.9. The first-order valence-corrected chi connectivity index (χ1v) is 23.5. The zero-order valence-corrected chi connectivity index (χ0v) is 34.9. The molecule has 0 bridgehead atoms. The minimum Gasteiger partial charge on any atom is -0.456 e. The Kier molecular flexibility index (Phi) is 6.36. The molecule has 14 rings (SSSR count). The van der Waals surface area contributed by atoms with Crippen molar-refractivity contribution in [2.45, 2.75) is 24.7 Å². The van der Waals surface area contributed by atoms with Gasteiger partial charge in [-0.2, -0.15) is 0 Å². The van der Waals surface area contributed by atoms with Crippen molar-refractivity contribution in [3.63, 3.8) is 0 Å². The maximum atomic E-state index is 6.79. The summed E-state index contributed by atoms with van der Waals surface area (Å²) in [6, 6.07) is 76.1. The van der Waals surface area contributed by atoms with Gasteiger partial charge in [-0.25, -0.2) is 0 Å². The van der Waals surface area contributed by atoms with Crippen LogP contribution >= 0.6 is 0 Å². The molecule has 0 fully saturated rings. The van der Waals surface area contributed by atoms with Gasteiger partial charge in [0.25, 0.3) is 0 Å². The van der Waals surface area contributed by atoms with E-state index in [0.717, 1.165) is 33.3 Å². The molecule has 0 amide bonds. The van der Waals surface area contributed by atoms with Gasteiger partial charge >= 0.3 is 0 Å². The van der Waals surface area contributed by atoms with Crippen molar-refractivity contribution in [3.05, 3.63) is 234 Å². The molecule has 2 spiro atoms. The van der Waals surface area contributed by atoms with Crippen LogP contribution in [0.15, 0.2) is 205 Å². The van der Waals surface area contributed by atoms with E-state index in [4.69, 9.17) is 4.42 Å². The Morgan fingerprint density at radius 3 is 1.52 bits per heavy atom. The first kappa shape index (κ1) is 33.6. The Hall–Kier alpha value is -7.20. The monoisotopic (exact) mass is 793 g/mol. The van der Waals surface area contributed by atoms with Gasteiger partial charge in [-0.1, -0.05) is 178 Å². The molecule has 9 aromatic carbocycles. The molecule has 0 unspecified atom stereocenters. The molecular formula is C58H39NOSi. The topological polar surface area (TPSA) is 16.4 Å². The lowest BCUT2D eigenvalue weighted by Crippen LogP contribution is -2.70. The highest BCUT2D eigenvalue weighted by Gasteiger charge is 2.56. The number of nitrogens with zero attached hydrogens (tertiary/aromatic N) is 1. The molecule has 2 nitrogen and oxygen atoms in total. The first-order valence-electron chi connectivity index (χ1n) is 21.5. The molecule has 3 heteroatoms. The number of furan rings is 1. The molecule has 3 aliphatic heterocycles. The van der Waals surface area contributed by atoms with Gasteiger partial charge in [0.2, 0.25) is 0 Å². The van der Waals surface area contributed by atoms with Crippen LogP contribution in [0.1, 0.15) is 47.2 Å². The number of anilines is 3. The van der Waals surface area contributed by atoms with Gasteiger partial charge in [0.15, 0.2) is 8.07 Å². The molecule has 286 valence electrons. The summed E-state index contributed by atoms with van der Waals surface area (Å²) in [4.78, 5) is 2.56. The molecule has 10 aromatic rings. The molecular weight excluding hydrogens is 755 g/mol. The van der Waals surface area contributed by atoms with Crippen LogP contribution in [0.3, 0.4) is 0 Å². The Bertz CT molecular complexity index is 3440. The predicted molar refractivity (Wildman–Crippen MR) is 254 cm³/mol. The van der Waals surface area contributed by atoms with Crippen LogP contribution < -0.4 is 25.6 Å². The van der Waals surface area contributed by atoms with Crippen molar-refractivity contribution in [1.82, 2.24) is 0 Å². The molecule has 0 radical (unpaired) electrons. The number of para-hydroxylation sites is 2. The average molecular weight is 794 g/mol. The largest absolute Gasteiger partial charge is 0.456 e. The van der Waals surface area contributed by atoms with E-state index in [1.54, 1.807) is 0 Å². The molecule has 61 heavy (non-hydrogen) atoms. The third kappa shape index (κ3) is 3.90. The minimum atomic E-state index is -2.69. The Labute approximate surface area is 356 Å². The summed E-state index contributed by atoms with van der Waals surface area (Å²) in [5.74, 6) is 0. The van der Waals surface area contributed by atoms with Crippen LogP contribution in [-0.4, -0.2) is 8.07 Å². The van der Waals surface area contributed by atoms with E-state index in [1.807, 2.05) is 0 Å². The maximum absolute atomic E-state index is 6.79. The number of hydrogen-bond donors (Lipinski definition) is 0. The highest BCUT2D eigenvalue weighted by atomic mass is 28.3. The van der Waals surface area contributed by atoms with Gasteiger partial charge in [-0.15, -0.1) is 0 Å². The summed E-state index contributed by atoms with van der Waals surface area (Å²) >= 11 is 0. The summed E-state index contributed by atoms with van der Waals surface area (Å²) in [7, 11) is -2.69. The minimum absolute atomic E-state index is 0.196. The Balaban J connectivity index is 1.12. The smallest absolute Gasteiger partial charge is 0.182 e. The van der Waals surface area contributed by atoms with Crippen LogP contribution in [0.25, 0.3) is 44.2 Å². The maximum Gasteiger partial charge on any atom is 0.182 e. The van der Waals surface area contributed by atoms with Gasteiger partial charge < -0.3 is 9.32 Å². The summed E-state index contributed by atoms with van der Waals surface area (Å²) in [6.45, 7) is 4.79. The molecule has 0 saturated carbocycles. The molecule has 0 saturated heterocycles. The normalized spacial score (nSPS) is 16.1. The second kappa shape index (κ2) is 11.5. The highest BCUT2D eigenvalue weighted by Crippen LogP contribution is 2.63. The Morgan fingerprint density at radius 1 is 0.377 bits per heavy atom. The second-order valence-corrected chi connectivity index (χ2v) is 21.6. The van der Waals surface area contributed by atoms with E-state index in [9.17, 15) is 0 Å². The van der Waals surface area contributed by atoms with Crippen LogP contribution in [0.4, 0.5) is 17.1 Å². The van der Waals surface area contributed by atoms with Gasteiger partial charge in [0.1, 0.15) is 11.2 Å². The third-order valence-corrected chi connectivity index (χ3v) is 19.9. The van der Waals surface area contributed by atoms with E-state index < -0.39 is 13.5 Å². The molecule has 0 atom stereocenters. The number of fused-ring (bicyclic) bond motifs is 21. The third-order valence-electron chi connectivity index (χ3n) is 14.9. The fourth-order valence-electron chi connectivity index (χ4n) is 12.6. The van der Waals surface area contributed by atoms with E-state index in [2.05, 4.69) is 219 Å². The average Bonchev–Trinajstić information content (AvgIpc) is 3.93. The van der Waals surface area contributed by atoms with E-state index in [-0.39, 0.29) is 5.41 Å². The lowest BCUT2D eigenvalue weighted by molar-refractivity contribution is 0.556. The fraction of sp³-hybridized carbons (Fsp3) is 0.0690. The summed E-state index contributed by atoms with van der Waals surface area (Å²) < 4.78 is 6.79. The van der Waals surface area contributed by atoms with Gasteiger partial charge in [-0.3, -0.25) is 0 Å². The highest BCUT2D eigenvalue weighted by molar-refractivity contribution is 7.24. The zero-order chi connectivity index (χ0) is 40.2. The molecule has 0 N–H and O–H groups in total. The summed E-state index contributed by atoms with van der Waals surface area (Å²) in [5, 5.41) is 8.20. The van der Waals surface area contributed by atoms with Crippen molar-refractivity contribution < 1.29 is 4.42 Å². The SMILES string of the molecule is CC1(C)c2ccccc2C2(c3ccccc3N(c3ccc4c(c3)[Si]3(c5ccccc5-c5ccccc53)c3ccccc3-4)c3cc4oc5ccccc5c4cc32)c2ccccc21. The molecule has 4 aliphatic rings. The van der Waals surface area contributed by atoms with Gasteiger partial charge in [0.05, 0.1) is 16.8 Å². The van der Waals surface area contributed by atoms with Crippen molar-refractivity contribution in [2.75, 3.05) is 4.90 Å². The van der Waals surface area contributed by atoms with Crippen molar-refractivity contribution in [2.24, 2.45) is 0 Å². The number of rotatable bonds is 1. The summed E-state index contributed by atoms with van der Waals surface area (Å²) in [6.07, 6.45) is 0. The first-order chi connectivity index (χ1) is 30.0. The molecule has 1 aliphatic carbocycles. The number of hydrogen-bond acceptors (Lipinski definition) is 2. The van der Waals surface area contributed by atoms with E-state index in [1.165, 1.54) is 82.1 Å². The Morgan fingerprint density at radius 2 is 0.885 bits per heavy atom. The lowest BCUT2D eigenvalue weighted by Gasteiger charge is -2.52. The summed E-state index contributed by atoms with van der Waals surface area (Å²) in [5.41, 5.74) is 17.9. The van der Waals surface area contributed by atoms with Gasteiger partial charge in [-0.05, 0) is 107 Å². The fourth-order valence-corrected chi connectivity index (χ4v) is 18.2. The van der Waals surface area contributed by atoms with E-state index >= 15 is 0 Å². The van der Waals surface area contributed by atoms with Crippen LogP contribution in [0, 0.1) is 0 Å².